The van der Waals surface area contributed by atoms with Crippen LogP contribution in [0, 0.1) is 0 Å². The highest BCUT2D eigenvalue weighted by Gasteiger charge is 2.08. The highest BCUT2D eigenvalue weighted by molar-refractivity contribution is 9.10. The molecule has 20 heavy (non-hydrogen) atoms. The van der Waals surface area contributed by atoms with E-state index in [1.54, 1.807) is 7.11 Å². The monoisotopic (exact) mass is 353 g/mol. The summed E-state index contributed by atoms with van der Waals surface area (Å²) in [7, 11) is 1.68. The largest absolute Gasteiger partial charge is 0.495 e. The molecule has 0 spiro atoms. The second kappa shape index (κ2) is 7.00. The minimum atomic E-state index is 0.291. The highest BCUT2D eigenvalue weighted by Crippen LogP contribution is 2.28. The number of hydrogen-bond donors (Lipinski definition) is 1. The Morgan fingerprint density at radius 3 is 2.55 bits per heavy atom. The number of methoxy groups -OCH3 is 1. The molecule has 0 radical (unpaired) electrons. The van der Waals surface area contributed by atoms with E-state index in [-0.39, 0.29) is 0 Å². The second-order valence-corrected chi connectivity index (χ2v) is 6.07. The molecular formula is C16H17BrClNO. The lowest BCUT2D eigenvalue weighted by atomic mass is 10.1. The standard InChI is InChI=1S/C16H17BrClNO/c1-11(9-12-3-6-14(18)7-4-12)19-15-10-13(17)5-8-16(15)20-2/h3-8,10-11,19H,9H2,1-2H3. The van der Waals surface area contributed by atoms with Crippen LogP contribution in [-0.2, 0) is 6.42 Å². The van der Waals surface area contributed by atoms with Gasteiger partial charge in [0.2, 0.25) is 0 Å². The third kappa shape index (κ3) is 4.15. The number of ether oxygens (including phenoxy) is 1. The molecule has 0 bridgehead atoms. The summed E-state index contributed by atoms with van der Waals surface area (Å²) in [6.07, 6.45) is 0.923. The SMILES string of the molecule is COc1ccc(Br)cc1NC(C)Cc1ccc(Cl)cc1. The smallest absolute Gasteiger partial charge is 0.142 e. The van der Waals surface area contributed by atoms with E-state index < -0.39 is 0 Å². The predicted molar refractivity (Wildman–Crippen MR) is 88.9 cm³/mol. The van der Waals surface area contributed by atoms with Gasteiger partial charge < -0.3 is 10.1 Å². The van der Waals surface area contributed by atoms with E-state index >= 15 is 0 Å². The Kier molecular flexibility index (Phi) is 5.32. The lowest BCUT2D eigenvalue weighted by Crippen LogP contribution is -2.18. The highest BCUT2D eigenvalue weighted by atomic mass is 79.9. The van der Waals surface area contributed by atoms with Gasteiger partial charge in [0.15, 0.2) is 0 Å². The quantitative estimate of drug-likeness (QED) is 0.801. The molecule has 106 valence electrons. The van der Waals surface area contributed by atoms with Crippen LogP contribution in [-0.4, -0.2) is 13.2 Å². The maximum Gasteiger partial charge on any atom is 0.142 e. The summed E-state index contributed by atoms with van der Waals surface area (Å²) in [5, 5.41) is 4.24. The van der Waals surface area contributed by atoms with Crippen LogP contribution in [0.2, 0.25) is 5.02 Å². The lowest BCUT2D eigenvalue weighted by Gasteiger charge is -2.18. The Labute approximate surface area is 133 Å². The zero-order valence-electron chi connectivity index (χ0n) is 11.5. The van der Waals surface area contributed by atoms with Crippen molar-refractivity contribution in [1.29, 1.82) is 0 Å². The Hall–Kier alpha value is -1.19. The predicted octanol–water partition coefficient (Wildman–Crippen LogP) is 5.15. The van der Waals surface area contributed by atoms with Crippen LogP contribution in [0.25, 0.3) is 0 Å². The molecule has 0 aromatic heterocycles. The number of anilines is 1. The van der Waals surface area contributed by atoms with Crippen LogP contribution in [0.4, 0.5) is 5.69 Å². The van der Waals surface area contributed by atoms with Gasteiger partial charge in [0, 0.05) is 15.5 Å². The number of benzene rings is 2. The molecule has 0 fully saturated rings. The third-order valence-corrected chi connectivity index (χ3v) is 3.76. The maximum atomic E-state index is 5.90. The summed E-state index contributed by atoms with van der Waals surface area (Å²) in [6, 6.07) is 14.2. The summed E-state index contributed by atoms with van der Waals surface area (Å²) in [6.45, 7) is 2.15. The molecule has 0 aliphatic rings. The van der Waals surface area contributed by atoms with E-state index in [0.717, 1.165) is 27.4 Å². The minimum Gasteiger partial charge on any atom is -0.495 e. The van der Waals surface area contributed by atoms with Crippen molar-refractivity contribution in [3.63, 3.8) is 0 Å². The molecule has 2 aromatic rings. The first-order chi connectivity index (χ1) is 9.58. The van der Waals surface area contributed by atoms with Gasteiger partial charge in [-0.05, 0) is 49.2 Å². The van der Waals surface area contributed by atoms with Crippen LogP contribution >= 0.6 is 27.5 Å². The van der Waals surface area contributed by atoms with Crippen LogP contribution in [0.3, 0.4) is 0 Å². The molecule has 0 aliphatic carbocycles. The van der Waals surface area contributed by atoms with Crippen molar-refractivity contribution in [2.45, 2.75) is 19.4 Å². The molecule has 0 amide bonds. The molecule has 1 N–H and O–H groups in total. The van der Waals surface area contributed by atoms with Crippen molar-refractivity contribution in [2.75, 3.05) is 12.4 Å². The van der Waals surface area contributed by atoms with E-state index in [9.17, 15) is 0 Å². The van der Waals surface area contributed by atoms with E-state index in [1.165, 1.54) is 5.56 Å². The molecule has 1 unspecified atom stereocenters. The Morgan fingerprint density at radius 1 is 1.20 bits per heavy atom. The zero-order chi connectivity index (χ0) is 14.5. The molecule has 0 heterocycles. The summed E-state index contributed by atoms with van der Waals surface area (Å²) >= 11 is 9.38. The van der Waals surface area contributed by atoms with Gasteiger partial charge in [-0.1, -0.05) is 39.7 Å². The number of halogens is 2. The molecule has 2 aromatic carbocycles. The average molecular weight is 355 g/mol. The lowest BCUT2D eigenvalue weighted by molar-refractivity contribution is 0.416. The van der Waals surface area contributed by atoms with Gasteiger partial charge in [-0.3, -0.25) is 0 Å². The van der Waals surface area contributed by atoms with E-state index in [0.29, 0.717) is 6.04 Å². The van der Waals surface area contributed by atoms with Gasteiger partial charge in [-0.2, -0.15) is 0 Å². The molecule has 0 saturated heterocycles. The number of rotatable bonds is 5. The Bertz CT molecular complexity index is 571. The number of nitrogens with one attached hydrogen (secondary N) is 1. The molecule has 2 rings (SSSR count). The van der Waals surface area contributed by atoms with Gasteiger partial charge in [-0.25, -0.2) is 0 Å². The molecule has 1 atom stereocenters. The fourth-order valence-electron chi connectivity index (χ4n) is 2.08. The first-order valence-corrected chi connectivity index (χ1v) is 7.60. The number of hydrogen-bond acceptors (Lipinski definition) is 2. The summed E-state index contributed by atoms with van der Waals surface area (Å²) in [5.41, 5.74) is 2.24. The van der Waals surface area contributed by atoms with Crippen molar-refractivity contribution in [2.24, 2.45) is 0 Å². The minimum absolute atomic E-state index is 0.291. The van der Waals surface area contributed by atoms with Gasteiger partial charge in [0.05, 0.1) is 12.8 Å². The Morgan fingerprint density at radius 2 is 1.90 bits per heavy atom. The Balaban J connectivity index is 2.05. The van der Waals surface area contributed by atoms with Crippen molar-refractivity contribution in [3.05, 3.63) is 57.5 Å². The maximum absolute atomic E-state index is 5.90. The zero-order valence-corrected chi connectivity index (χ0v) is 13.8. The van der Waals surface area contributed by atoms with Gasteiger partial charge in [-0.15, -0.1) is 0 Å². The van der Waals surface area contributed by atoms with Crippen LogP contribution in [0.15, 0.2) is 46.9 Å². The van der Waals surface area contributed by atoms with E-state index in [2.05, 4.69) is 40.3 Å². The summed E-state index contributed by atoms with van der Waals surface area (Å²) in [4.78, 5) is 0. The molecular weight excluding hydrogens is 338 g/mol. The third-order valence-electron chi connectivity index (χ3n) is 3.02. The van der Waals surface area contributed by atoms with Gasteiger partial charge in [0.1, 0.15) is 5.75 Å². The van der Waals surface area contributed by atoms with Crippen molar-refractivity contribution < 1.29 is 4.74 Å². The van der Waals surface area contributed by atoms with Crippen LogP contribution in [0.1, 0.15) is 12.5 Å². The van der Waals surface area contributed by atoms with Crippen molar-refractivity contribution in [3.8, 4) is 5.75 Å². The van der Waals surface area contributed by atoms with Gasteiger partial charge >= 0.3 is 0 Å². The molecule has 0 saturated carbocycles. The van der Waals surface area contributed by atoms with E-state index in [4.69, 9.17) is 16.3 Å². The van der Waals surface area contributed by atoms with E-state index in [1.807, 2.05) is 30.3 Å². The summed E-state index contributed by atoms with van der Waals surface area (Å²) in [5.74, 6) is 0.844. The van der Waals surface area contributed by atoms with Crippen molar-refractivity contribution in [1.82, 2.24) is 0 Å². The average Bonchev–Trinajstić information content (AvgIpc) is 2.41. The molecule has 2 nitrogen and oxygen atoms in total. The fourth-order valence-corrected chi connectivity index (χ4v) is 2.57. The topological polar surface area (TPSA) is 21.3 Å². The van der Waals surface area contributed by atoms with Gasteiger partial charge in [0.25, 0.3) is 0 Å². The first kappa shape index (κ1) is 15.2. The van der Waals surface area contributed by atoms with Crippen molar-refractivity contribution >= 4 is 33.2 Å². The summed E-state index contributed by atoms with van der Waals surface area (Å²) < 4.78 is 6.39. The fraction of sp³-hybridized carbons (Fsp3) is 0.250. The van der Waals surface area contributed by atoms with Crippen LogP contribution < -0.4 is 10.1 Å². The normalized spacial score (nSPS) is 12.0. The first-order valence-electron chi connectivity index (χ1n) is 6.43. The molecule has 0 aliphatic heterocycles. The van der Waals surface area contributed by atoms with Crippen LogP contribution in [0.5, 0.6) is 5.75 Å². The molecule has 4 heteroatoms. The second-order valence-electron chi connectivity index (χ2n) is 4.72.